The van der Waals surface area contributed by atoms with Crippen LogP contribution in [0.4, 0.5) is 8.78 Å². The highest BCUT2D eigenvalue weighted by molar-refractivity contribution is 5.21. The lowest BCUT2D eigenvalue weighted by Gasteiger charge is -2.42. The summed E-state index contributed by atoms with van der Waals surface area (Å²) in [6, 6.07) is 3.68. The van der Waals surface area contributed by atoms with E-state index in [9.17, 15) is 8.78 Å². The average molecular weight is 211 g/mol. The van der Waals surface area contributed by atoms with E-state index in [1.165, 1.54) is 12.1 Å². The molecular weight excluding hydrogens is 196 g/mol. The van der Waals surface area contributed by atoms with Gasteiger partial charge in [-0.3, -0.25) is 0 Å². The molecule has 15 heavy (non-hydrogen) atoms. The summed E-state index contributed by atoms with van der Waals surface area (Å²) in [6.45, 7) is 3.90. The fraction of sp³-hybridized carbons (Fsp3) is 0.500. The van der Waals surface area contributed by atoms with Crippen molar-refractivity contribution in [2.75, 3.05) is 13.1 Å². The summed E-state index contributed by atoms with van der Waals surface area (Å²) in [5, 5.41) is 3.19. The molecule has 1 nitrogen and oxygen atoms in total. The van der Waals surface area contributed by atoms with Gasteiger partial charge in [-0.1, -0.05) is 6.92 Å². The van der Waals surface area contributed by atoms with Gasteiger partial charge >= 0.3 is 0 Å². The molecule has 0 aromatic heterocycles. The zero-order chi connectivity index (χ0) is 10.9. The Morgan fingerprint density at radius 1 is 1.33 bits per heavy atom. The highest BCUT2D eigenvalue weighted by Crippen LogP contribution is 2.32. The number of halogens is 2. The van der Waals surface area contributed by atoms with Crippen molar-refractivity contribution in [3.05, 3.63) is 35.4 Å². The van der Waals surface area contributed by atoms with Gasteiger partial charge in [0.1, 0.15) is 11.6 Å². The van der Waals surface area contributed by atoms with Gasteiger partial charge in [0.2, 0.25) is 0 Å². The summed E-state index contributed by atoms with van der Waals surface area (Å²) >= 11 is 0. The molecule has 0 radical (unpaired) electrons. The van der Waals surface area contributed by atoms with E-state index in [0.717, 1.165) is 25.6 Å². The van der Waals surface area contributed by atoms with E-state index >= 15 is 0 Å². The molecule has 0 aliphatic carbocycles. The summed E-state index contributed by atoms with van der Waals surface area (Å²) in [6.07, 6.45) is 1.62. The van der Waals surface area contributed by atoms with Gasteiger partial charge in [0.05, 0.1) is 0 Å². The van der Waals surface area contributed by atoms with Gasteiger partial charge in [-0.25, -0.2) is 8.78 Å². The average Bonchev–Trinajstić information content (AvgIpc) is 2.17. The van der Waals surface area contributed by atoms with Crippen molar-refractivity contribution in [3.8, 4) is 0 Å². The normalized spacial score (nSPS) is 18.6. The van der Waals surface area contributed by atoms with Crippen molar-refractivity contribution < 1.29 is 8.78 Å². The third kappa shape index (κ3) is 2.02. The number of rotatable bonds is 3. The first kappa shape index (κ1) is 10.6. The van der Waals surface area contributed by atoms with E-state index in [2.05, 4.69) is 12.2 Å². The summed E-state index contributed by atoms with van der Waals surface area (Å²) in [4.78, 5) is 0. The van der Waals surface area contributed by atoms with Crippen LogP contribution in [0.1, 0.15) is 18.9 Å². The topological polar surface area (TPSA) is 12.0 Å². The van der Waals surface area contributed by atoms with Crippen LogP contribution in [0, 0.1) is 17.0 Å². The largest absolute Gasteiger partial charge is 0.316 e. The molecule has 1 saturated heterocycles. The summed E-state index contributed by atoms with van der Waals surface area (Å²) in [5.74, 6) is -0.652. The Morgan fingerprint density at radius 3 is 2.60 bits per heavy atom. The molecule has 0 spiro atoms. The SMILES string of the molecule is CCC1(Cc2cc(F)ccc2F)CNC1. The Bertz CT molecular complexity index is 353. The number of hydrogen-bond acceptors (Lipinski definition) is 1. The Kier molecular flexibility index (Phi) is 2.74. The zero-order valence-corrected chi connectivity index (χ0v) is 8.82. The van der Waals surface area contributed by atoms with E-state index < -0.39 is 0 Å². The minimum atomic E-state index is -0.357. The second-order valence-corrected chi connectivity index (χ2v) is 4.37. The van der Waals surface area contributed by atoms with Gasteiger partial charge in [0.25, 0.3) is 0 Å². The van der Waals surface area contributed by atoms with E-state index in [-0.39, 0.29) is 17.0 Å². The predicted molar refractivity (Wildman–Crippen MR) is 55.7 cm³/mol. The summed E-state index contributed by atoms with van der Waals surface area (Å²) < 4.78 is 26.4. The highest BCUT2D eigenvalue weighted by Gasteiger charge is 2.35. The molecule has 0 atom stereocenters. The van der Waals surface area contributed by atoms with Gasteiger partial charge in [-0.05, 0) is 42.0 Å². The first-order valence-corrected chi connectivity index (χ1v) is 5.30. The number of benzene rings is 1. The molecule has 1 aromatic carbocycles. The number of hydrogen-bond donors (Lipinski definition) is 1. The minimum Gasteiger partial charge on any atom is -0.316 e. The lowest BCUT2D eigenvalue weighted by molar-refractivity contribution is 0.158. The predicted octanol–water partition coefficient (Wildman–Crippen LogP) is 2.51. The molecule has 3 heteroatoms. The molecule has 1 aliphatic heterocycles. The van der Waals surface area contributed by atoms with E-state index in [1.807, 2.05) is 0 Å². The third-order valence-corrected chi connectivity index (χ3v) is 3.32. The van der Waals surface area contributed by atoms with E-state index in [0.29, 0.717) is 12.0 Å². The number of nitrogens with one attached hydrogen (secondary N) is 1. The van der Waals surface area contributed by atoms with Crippen molar-refractivity contribution >= 4 is 0 Å². The van der Waals surface area contributed by atoms with Gasteiger partial charge in [-0.15, -0.1) is 0 Å². The van der Waals surface area contributed by atoms with Crippen LogP contribution in [-0.2, 0) is 6.42 Å². The second-order valence-electron chi connectivity index (χ2n) is 4.37. The van der Waals surface area contributed by atoms with Gasteiger partial charge < -0.3 is 5.32 Å². The van der Waals surface area contributed by atoms with Crippen molar-refractivity contribution in [3.63, 3.8) is 0 Å². The first-order valence-electron chi connectivity index (χ1n) is 5.30. The van der Waals surface area contributed by atoms with Crippen molar-refractivity contribution in [1.29, 1.82) is 0 Å². The lowest BCUT2D eigenvalue weighted by atomic mass is 9.74. The second kappa shape index (κ2) is 3.89. The molecule has 1 heterocycles. The van der Waals surface area contributed by atoms with Crippen LogP contribution in [0.3, 0.4) is 0 Å². The minimum absolute atomic E-state index is 0.134. The van der Waals surface area contributed by atoms with Crippen LogP contribution in [0.15, 0.2) is 18.2 Å². The maximum Gasteiger partial charge on any atom is 0.126 e. The van der Waals surface area contributed by atoms with Crippen LogP contribution in [-0.4, -0.2) is 13.1 Å². The highest BCUT2D eigenvalue weighted by atomic mass is 19.1. The molecule has 0 amide bonds. The van der Waals surface area contributed by atoms with Crippen LogP contribution >= 0.6 is 0 Å². The molecule has 0 saturated carbocycles. The fourth-order valence-electron chi connectivity index (χ4n) is 2.06. The van der Waals surface area contributed by atoms with Gasteiger partial charge in [-0.2, -0.15) is 0 Å². The standard InChI is InChI=1S/C12H15F2N/c1-2-12(7-15-8-12)6-9-5-10(13)3-4-11(9)14/h3-5,15H,2,6-8H2,1H3. The Labute approximate surface area is 88.5 Å². The molecule has 1 fully saturated rings. The molecule has 1 N–H and O–H groups in total. The van der Waals surface area contributed by atoms with Crippen LogP contribution < -0.4 is 5.32 Å². The Balaban J connectivity index is 2.19. The molecule has 1 aliphatic rings. The van der Waals surface area contributed by atoms with Crippen molar-refractivity contribution in [2.24, 2.45) is 5.41 Å². The quantitative estimate of drug-likeness (QED) is 0.810. The van der Waals surface area contributed by atoms with Crippen LogP contribution in [0.5, 0.6) is 0 Å². The molecular formula is C12H15F2N. The molecule has 0 bridgehead atoms. The van der Waals surface area contributed by atoms with Crippen LogP contribution in [0.25, 0.3) is 0 Å². The monoisotopic (exact) mass is 211 g/mol. The molecule has 2 rings (SSSR count). The maximum atomic E-state index is 13.4. The lowest BCUT2D eigenvalue weighted by Crippen LogP contribution is -2.54. The first-order chi connectivity index (χ1) is 7.15. The van der Waals surface area contributed by atoms with Crippen molar-refractivity contribution in [2.45, 2.75) is 19.8 Å². The van der Waals surface area contributed by atoms with E-state index in [4.69, 9.17) is 0 Å². The third-order valence-electron chi connectivity index (χ3n) is 3.32. The summed E-state index contributed by atoms with van der Waals surface area (Å²) in [5.41, 5.74) is 0.632. The van der Waals surface area contributed by atoms with Gasteiger partial charge in [0.15, 0.2) is 0 Å². The Hall–Kier alpha value is -0.960. The smallest absolute Gasteiger partial charge is 0.126 e. The summed E-state index contributed by atoms with van der Waals surface area (Å²) in [7, 11) is 0. The van der Waals surface area contributed by atoms with Crippen LogP contribution in [0.2, 0.25) is 0 Å². The molecule has 0 unspecified atom stereocenters. The van der Waals surface area contributed by atoms with Crippen molar-refractivity contribution in [1.82, 2.24) is 5.32 Å². The molecule has 1 aromatic rings. The maximum absolute atomic E-state index is 13.4. The van der Waals surface area contributed by atoms with Gasteiger partial charge in [0, 0.05) is 13.1 Å². The fourth-order valence-corrected chi connectivity index (χ4v) is 2.06. The Morgan fingerprint density at radius 2 is 2.07 bits per heavy atom. The zero-order valence-electron chi connectivity index (χ0n) is 8.82. The molecule has 82 valence electrons. The van der Waals surface area contributed by atoms with E-state index in [1.54, 1.807) is 0 Å².